The van der Waals surface area contributed by atoms with Gasteiger partial charge < -0.3 is 9.72 Å². The number of carbonyl (C=O) groups excluding carboxylic acids is 1. The molecule has 0 radical (unpaired) electrons. The van der Waals surface area contributed by atoms with Crippen LogP contribution in [0.5, 0.6) is 0 Å². The highest BCUT2D eigenvalue weighted by Gasteiger charge is 2.14. The van der Waals surface area contributed by atoms with Gasteiger partial charge in [-0.25, -0.2) is 4.98 Å². The van der Waals surface area contributed by atoms with E-state index in [1.54, 1.807) is 0 Å². The van der Waals surface area contributed by atoms with Gasteiger partial charge >= 0.3 is 0 Å². The van der Waals surface area contributed by atoms with E-state index in [9.17, 15) is 4.79 Å². The van der Waals surface area contributed by atoms with Crippen LogP contribution in [0.3, 0.4) is 0 Å². The number of unbranched alkanes of at least 4 members (excludes halogenated alkanes) is 5. The number of anilines is 1. The third-order valence-electron chi connectivity index (χ3n) is 6.20. The van der Waals surface area contributed by atoms with E-state index in [2.05, 4.69) is 65.2 Å². The molecule has 1 N–H and O–H groups in total. The number of rotatable bonds is 7. The Morgan fingerprint density at radius 3 is 2.03 bits per heavy atom. The summed E-state index contributed by atoms with van der Waals surface area (Å²) in [5, 5.41) is 2.97. The van der Waals surface area contributed by atoms with Crippen molar-refractivity contribution in [1.29, 1.82) is 0 Å². The lowest BCUT2D eigenvalue weighted by atomic mass is 10.1. The van der Waals surface area contributed by atoms with Crippen molar-refractivity contribution in [3.05, 3.63) is 101 Å². The minimum Gasteiger partial charge on any atom is -0.322 e. The Balaban J connectivity index is 1.17. The van der Waals surface area contributed by atoms with Crippen LogP contribution in [-0.4, -0.2) is 15.3 Å². The van der Waals surface area contributed by atoms with Crippen LogP contribution in [0.15, 0.2) is 66.9 Å². The van der Waals surface area contributed by atoms with Gasteiger partial charge in [0, 0.05) is 47.2 Å². The molecule has 37 heavy (non-hydrogen) atoms. The van der Waals surface area contributed by atoms with Crippen LogP contribution < -0.4 is 5.32 Å². The summed E-state index contributed by atoms with van der Waals surface area (Å²) < 4.78 is 1.93. The maximum Gasteiger partial charge on any atom is 0.259 e. The predicted molar refractivity (Wildman–Crippen MR) is 152 cm³/mol. The minimum absolute atomic E-state index is 0.167. The van der Waals surface area contributed by atoms with Crippen molar-refractivity contribution in [3.63, 3.8) is 0 Å². The van der Waals surface area contributed by atoms with Crippen molar-refractivity contribution >= 4 is 17.2 Å². The van der Waals surface area contributed by atoms with Crippen molar-refractivity contribution in [2.45, 2.75) is 59.3 Å². The zero-order valence-corrected chi connectivity index (χ0v) is 21.9. The molecule has 0 saturated carbocycles. The molecule has 2 aromatic carbocycles. The number of aromatic nitrogens is 2. The lowest BCUT2D eigenvalue weighted by Gasteiger charge is -2.06. The molecule has 0 aliphatic carbocycles. The Hall–Kier alpha value is -4.28. The first-order valence-electron chi connectivity index (χ1n) is 12.9. The van der Waals surface area contributed by atoms with Gasteiger partial charge in [0.1, 0.15) is 5.65 Å². The zero-order chi connectivity index (χ0) is 26.0. The van der Waals surface area contributed by atoms with Gasteiger partial charge in [-0.1, -0.05) is 54.2 Å². The fraction of sp³-hybridized carbons (Fsp3) is 0.273. The first-order chi connectivity index (χ1) is 18.0. The van der Waals surface area contributed by atoms with Crippen molar-refractivity contribution in [1.82, 2.24) is 9.38 Å². The van der Waals surface area contributed by atoms with Gasteiger partial charge in [0.25, 0.3) is 5.91 Å². The van der Waals surface area contributed by atoms with Crippen LogP contribution in [-0.2, 0) is 0 Å². The maximum atomic E-state index is 12.8. The van der Waals surface area contributed by atoms with Crippen LogP contribution in [0.4, 0.5) is 5.69 Å². The molecule has 4 rings (SSSR count). The first-order valence-corrected chi connectivity index (χ1v) is 12.9. The summed E-state index contributed by atoms with van der Waals surface area (Å²) in [6, 6.07) is 19.8. The van der Waals surface area contributed by atoms with Gasteiger partial charge in [-0.15, -0.1) is 0 Å². The second-order valence-corrected chi connectivity index (χ2v) is 9.38. The van der Waals surface area contributed by atoms with Crippen LogP contribution >= 0.6 is 0 Å². The molecule has 4 nitrogen and oxygen atoms in total. The summed E-state index contributed by atoms with van der Waals surface area (Å²) in [7, 11) is 0. The van der Waals surface area contributed by atoms with Crippen molar-refractivity contribution < 1.29 is 4.79 Å². The summed E-state index contributed by atoms with van der Waals surface area (Å²) in [4.78, 5) is 17.4. The van der Waals surface area contributed by atoms with Gasteiger partial charge in [-0.3, -0.25) is 4.79 Å². The van der Waals surface area contributed by atoms with Gasteiger partial charge in [0.05, 0.1) is 5.56 Å². The molecule has 0 aliphatic rings. The van der Waals surface area contributed by atoms with Gasteiger partial charge in [0.15, 0.2) is 0 Å². The number of carbonyl (C=O) groups is 1. The van der Waals surface area contributed by atoms with Crippen molar-refractivity contribution in [2.75, 3.05) is 5.32 Å². The molecule has 0 fully saturated rings. The number of hydrogen-bond acceptors (Lipinski definition) is 2. The number of fused-ring (bicyclic) bond motifs is 1. The topological polar surface area (TPSA) is 46.4 Å². The second kappa shape index (κ2) is 12.6. The predicted octanol–water partition coefficient (Wildman–Crippen LogP) is 7.26. The molecule has 0 saturated heterocycles. The van der Waals surface area contributed by atoms with Crippen LogP contribution in [0.1, 0.15) is 77.0 Å². The smallest absolute Gasteiger partial charge is 0.259 e. The Morgan fingerprint density at radius 1 is 0.811 bits per heavy atom. The number of hydrogen-bond donors (Lipinski definition) is 1. The Labute approximate surface area is 220 Å². The Bertz CT molecular complexity index is 1490. The van der Waals surface area contributed by atoms with E-state index in [0.717, 1.165) is 53.9 Å². The Morgan fingerprint density at radius 2 is 1.41 bits per heavy atom. The van der Waals surface area contributed by atoms with Crippen LogP contribution in [0.2, 0.25) is 0 Å². The van der Waals surface area contributed by atoms with E-state index in [1.165, 1.54) is 18.4 Å². The Kier molecular flexibility index (Phi) is 8.79. The van der Waals surface area contributed by atoms with Crippen LogP contribution in [0, 0.1) is 44.5 Å². The quantitative estimate of drug-likeness (QED) is 0.220. The third-order valence-corrected chi connectivity index (χ3v) is 6.20. The molecule has 2 aromatic heterocycles. The van der Waals surface area contributed by atoms with Gasteiger partial charge in [-0.2, -0.15) is 0 Å². The van der Waals surface area contributed by atoms with E-state index >= 15 is 0 Å². The molecule has 2 heterocycles. The summed E-state index contributed by atoms with van der Waals surface area (Å²) in [6.45, 7) is 6.03. The molecule has 0 spiro atoms. The van der Waals surface area contributed by atoms with Gasteiger partial charge in [-0.05, 0) is 82.1 Å². The van der Waals surface area contributed by atoms with Crippen molar-refractivity contribution in [3.8, 4) is 23.7 Å². The fourth-order valence-corrected chi connectivity index (χ4v) is 4.15. The zero-order valence-electron chi connectivity index (χ0n) is 21.9. The standard InChI is InChI=1S/C33H33N3O/c1-25-14-16-28(17-15-25)12-10-8-6-4-5-7-9-11-13-29-18-20-30(21-19-29)35-33(37)31-22-23-36-27(3)24-26(2)34-32(31)36/h14-24H,4-9H2,1-3H3,(H,35,37). The summed E-state index contributed by atoms with van der Waals surface area (Å²) in [5.74, 6) is 12.8. The number of amides is 1. The SMILES string of the molecule is Cc1ccc(C#CCCCCCCC#Cc2ccc(NC(=O)c3ccn4c(C)cc(C)nc34)cc2)cc1. The van der Waals surface area contributed by atoms with E-state index in [0.29, 0.717) is 11.2 Å². The fourth-order valence-electron chi connectivity index (χ4n) is 4.15. The number of aryl methyl sites for hydroxylation is 3. The number of nitrogens with one attached hydrogen (secondary N) is 1. The molecule has 0 aliphatic heterocycles. The normalized spacial score (nSPS) is 10.4. The number of benzene rings is 2. The largest absolute Gasteiger partial charge is 0.322 e. The van der Waals surface area contributed by atoms with E-state index in [-0.39, 0.29) is 5.91 Å². The highest BCUT2D eigenvalue weighted by Crippen LogP contribution is 2.17. The second-order valence-electron chi connectivity index (χ2n) is 9.38. The lowest BCUT2D eigenvalue weighted by Crippen LogP contribution is -2.12. The molecule has 1 amide bonds. The molecule has 0 atom stereocenters. The molecule has 4 aromatic rings. The van der Waals surface area contributed by atoms with Crippen LogP contribution in [0.25, 0.3) is 5.65 Å². The summed E-state index contributed by atoms with van der Waals surface area (Å²) in [5.41, 5.74) is 7.22. The van der Waals surface area contributed by atoms with E-state index in [1.807, 2.05) is 60.8 Å². The van der Waals surface area contributed by atoms with Gasteiger partial charge in [0.2, 0.25) is 0 Å². The molecular formula is C33H33N3O. The molecule has 0 bridgehead atoms. The lowest BCUT2D eigenvalue weighted by molar-refractivity contribution is 0.102. The molecular weight excluding hydrogens is 454 g/mol. The third kappa shape index (κ3) is 7.35. The highest BCUT2D eigenvalue weighted by atomic mass is 16.1. The first kappa shape index (κ1) is 25.8. The number of nitrogens with zero attached hydrogens (tertiary/aromatic N) is 2. The average Bonchev–Trinajstić information content (AvgIpc) is 3.31. The summed E-state index contributed by atoms with van der Waals surface area (Å²) in [6.07, 6.45) is 8.31. The molecule has 186 valence electrons. The van der Waals surface area contributed by atoms with E-state index in [4.69, 9.17) is 0 Å². The summed E-state index contributed by atoms with van der Waals surface area (Å²) >= 11 is 0. The van der Waals surface area contributed by atoms with E-state index < -0.39 is 0 Å². The molecule has 0 unspecified atom stereocenters. The maximum absolute atomic E-state index is 12.8. The molecule has 4 heteroatoms. The highest BCUT2D eigenvalue weighted by molar-refractivity contribution is 6.08. The monoisotopic (exact) mass is 487 g/mol. The van der Waals surface area contributed by atoms with Crippen molar-refractivity contribution in [2.24, 2.45) is 0 Å². The average molecular weight is 488 g/mol. The minimum atomic E-state index is -0.167.